The lowest BCUT2D eigenvalue weighted by Crippen LogP contribution is -2.01. The predicted octanol–water partition coefficient (Wildman–Crippen LogP) is 2.39. The maximum absolute atomic E-state index is 8.55. The molecule has 0 N–H and O–H groups in total. The summed E-state index contributed by atoms with van der Waals surface area (Å²) in [6.07, 6.45) is 1.61. The van der Waals surface area contributed by atoms with Crippen molar-refractivity contribution in [1.82, 2.24) is 0 Å². The molecular weight excluding hydrogens is 138 g/mol. The average Bonchev–Trinajstić information content (AvgIpc) is 1.88. The normalized spacial score (nSPS) is 11.9. The molecule has 2 nitrogen and oxygen atoms in total. The van der Waals surface area contributed by atoms with Crippen LogP contribution in [0.2, 0.25) is 0 Å². The number of nitrogens with zero attached hydrogens (tertiary/aromatic N) is 1. The fraction of sp³-hybridized carbons (Fsp3) is 0.444. The summed E-state index contributed by atoms with van der Waals surface area (Å²) in [5.74, 6) is 0.637. The fourth-order valence-electron chi connectivity index (χ4n) is 0.685. The fourth-order valence-corrected chi connectivity index (χ4v) is 0.685. The summed E-state index contributed by atoms with van der Waals surface area (Å²) in [7, 11) is 0. The van der Waals surface area contributed by atoms with Crippen molar-refractivity contribution in [3.8, 4) is 6.07 Å². The first-order valence-electron chi connectivity index (χ1n) is 3.52. The molecule has 0 saturated heterocycles. The monoisotopic (exact) mass is 151 g/mol. The van der Waals surface area contributed by atoms with Gasteiger partial charge in [-0.05, 0) is 26.8 Å². The molecule has 0 heterocycles. The highest BCUT2D eigenvalue weighted by Gasteiger charge is 1.99. The molecule has 0 atom stereocenters. The van der Waals surface area contributed by atoms with Crippen LogP contribution in [-0.2, 0) is 4.74 Å². The maximum Gasteiger partial charge on any atom is 0.111 e. The van der Waals surface area contributed by atoms with Gasteiger partial charge in [-0.1, -0.05) is 6.58 Å². The van der Waals surface area contributed by atoms with Crippen molar-refractivity contribution in [3.63, 3.8) is 0 Å². The summed E-state index contributed by atoms with van der Waals surface area (Å²) >= 11 is 0. The van der Waals surface area contributed by atoms with Gasteiger partial charge in [-0.2, -0.15) is 5.26 Å². The first-order valence-corrected chi connectivity index (χ1v) is 3.52. The molecule has 0 fully saturated rings. The topological polar surface area (TPSA) is 33.0 Å². The van der Waals surface area contributed by atoms with Gasteiger partial charge in [0, 0.05) is 0 Å². The smallest absolute Gasteiger partial charge is 0.111 e. The Hall–Kier alpha value is -1.23. The number of hydrogen-bond acceptors (Lipinski definition) is 2. The Balaban J connectivity index is 4.39. The van der Waals surface area contributed by atoms with E-state index < -0.39 is 0 Å². The zero-order chi connectivity index (χ0) is 8.85. The minimum Gasteiger partial charge on any atom is -0.494 e. The first-order chi connectivity index (χ1) is 5.11. The van der Waals surface area contributed by atoms with Crippen LogP contribution in [0, 0.1) is 11.3 Å². The maximum atomic E-state index is 8.55. The second kappa shape index (κ2) is 4.56. The van der Waals surface area contributed by atoms with Gasteiger partial charge < -0.3 is 4.74 Å². The Morgan fingerprint density at radius 3 is 2.45 bits per heavy atom. The number of allylic oxidation sites excluding steroid dienone is 3. The Bertz CT molecular complexity index is 208. The predicted molar refractivity (Wildman–Crippen MR) is 44.7 cm³/mol. The molecule has 0 radical (unpaired) electrons. The summed E-state index contributed by atoms with van der Waals surface area (Å²) in [4.78, 5) is 0. The van der Waals surface area contributed by atoms with Crippen LogP contribution < -0.4 is 0 Å². The molecule has 2 heteroatoms. The number of rotatable bonds is 3. The summed E-state index contributed by atoms with van der Waals surface area (Å²) in [5.41, 5.74) is 0.499. The van der Waals surface area contributed by atoms with E-state index in [-0.39, 0.29) is 6.10 Å². The van der Waals surface area contributed by atoms with E-state index in [4.69, 9.17) is 10.00 Å². The highest BCUT2D eigenvalue weighted by molar-refractivity contribution is 5.33. The first kappa shape index (κ1) is 9.77. The zero-order valence-corrected chi connectivity index (χ0v) is 7.22. The third kappa shape index (κ3) is 3.47. The van der Waals surface area contributed by atoms with E-state index in [9.17, 15) is 0 Å². The molecule has 0 aromatic carbocycles. The van der Waals surface area contributed by atoms with Gasteiger partial charge in [-0.3, -0.25) is 0 Å². The molecule has 0 spiro atoms. The third-order valence-corrected chi connectivity index (χ3v) is 1.12. The molecule has 0 aromatic heterocycles. The van der Waals surface area contributed by atoms with E-state index in [1.165, 1.54) is 6.08 Å². The van der Waals surface area contributed by atoms with Crippen LogP contribution in [-0.4, -0.2) is 6.10 Å². The standard InChI is InChI=1S/C9H13NO/c1-5-9(6-10)8(4)11-7(2)3/h5,7H,1H2,2-4H3/b9-8-. The molecule has 0 unspecified atom stereocenters. The molecule has 0 rings (SSSR count). The SMILES string of the molecule is C=C/C(C#N)=C(\C)OC(C)C. The number of nitriles is 1. The highest BCUT2D eigenvalue weighted by atomic mass is 16.5. The molecule has 0 aliphatic heterocycles. The van der Waals surface area contributed by atoms with Gasteiger partial charge in [-0.25, -0.2) is 0 Å². The molecule has 0 amide bonds. The molecular formula is C9H13NO. The van der Waals surface area contributed by atoms with E-state index in [0.717, 1.165) is 0 Å². The molecule has 11 heavy (non-hydrogen) atoms. The zero-order valence-electron chi connectivity index (χ0n) is 7.22. The molecule has 0 aromatic rings. The van der Waals surface area contributed by atoms with Crippen molar-refractivity contribution >= 4 is 0 Å². The number of hydrogen-bond donors (Lipinski definition) is 0. The van der Waals surface area contributed by atoms with Crippen molar-refractivity contribution in [1.29, 1.82) is 5.26 Å². The Labute approximate surface area is 67.8 Å². The van der Waals surface area contributed by atoms with Crippen LogP contribution in [0.15, 0.2) is 24.0 Å². The van der Waals surface area contributed by atoms with E-state index in [1.807, 2.05) is 19.9 Å². The second-order valence-electron chi connectivity index (χ2n) is 2.45. The van der Waals surface area contributed by atoms with Crippen LogP contribution >= 0.6 is 0 Å². The summed E-state index contributed by atoms with van der Waals surface area (Å²) < 4.78 is 5.28. The van der Waals surface area contributed by atoms with E-state index >= 15 is 0 Å². The van der Waals surface area contributed by atoms with Crippen LogP contribution in [0.5, 0.6) is 0 Å². The van der Waals surface area contributed by atoms with Crippen molar-refractivity contribution < 1.29 is 4.74 Å². The van der Waals surface area contributed by atoms with Crippen molar-refractivity contribution in [2.45, 2.75) is 26.9 Å². The average molecular weight is 151 g/mol. The quantitative estimate of drug-likeness (QED) is 0.352. The Kier molecular flexibility index (Phi) is 4.05. The van der Waals surface area contributed by atoms with E-state index in [2.05, 4.69) is 6.58 Å². The van der Waals surface area contributed by atoms with E-state index in [1.54, 1.807) is 6.92 Å². The minimum atomic E-state index is 0.110. The van der Waals surface area contributed by atoms with Crippen molar-refractivity contribution in [3.05, 3.63) is 24.0 Å². The van der Waals surface area contributed by atoms with Crippen LogP contribution in [0.4, 0.5) is 0 Å². The number of ether oxygens (including phenoxy) is 1. The lowest BCUT2D eigenvalue weighted by atomic mass is 10.2. The Morgan fingerprint density at radius 2 is 2.18 bits per heavy atom. The summed E-state index contributed by atoms with van der Waals surface area (Å²) in [6.45, 7) is 9.10. The lowest BCUT2D eigenvalue weighted by Gasteiger charge is -2.09. The Morgan fingerprint density at radius 1 is 1.64 bits per heavy atom. The van der Waals surface area contributed by atoms with Gasteiger partial charge >= 0.3 is 0 Å². The van der Waals surface area contributed by atoms with Gasteiger partial charge in [0.2, 0.25) is 0 Å². The van der Waals surface area contributed by atoms with Crippen LogP contribution in [0.1, 0.15) is 20.8 Å². The third-order valence-electron chi connectivity index (χ3n) is 1.12. The van der Waals surface area contributed by atoms with Gasteiger partial charge in [0.15, 0.2) is 0 Å². The molecule has 0 bridgehead atoms. The van der Waals surface area contributed by atoms with Crippen LogP contribution in [0.3, 0.4) is 0 Å². The largest absolute Gasteiger partial charge is 0.494 e. The van der Waals surface area contributed by atoms with Gasteiger partial charge in [0.05, 0.1) is 11.7 Å². The second-order valence-corrected chi connectivity index (χ2v) is 2.45. The molecule has 0 saturated carbocycles. The van der Waals surface area contributed by atoms with Crippen molar-refractivity contribution in [2.24, 2.45) is 0 Å². The highest BCUT2D eigenvalue weighted by Crippen LogP contribution is 2.07. The summed E-state index contributed by atoms with van der Waals surface area (Å²) in [5, 5.41) is 8.55. The summed E-state index contributed by atoms with van der Waals surface area (Å²) in [6, 6.07) is 1.99. The van der Waals surface area contributed by atoms with Gasteiger partial charge in [0.25, 0.3) is 0 Å². The van der Waals surface area contributed by atoms with Gasteiger partial charge in [-0.15, -0.1) is 0 Å². The minimum absolute atomic E-state index is 0.110. The molecule has 0 aliphatic rings. The van der Waals surface area contributed by atoms with Crippen molar-refractivity contribution in [2.75, 3.05) is 0 Å². The van der Waals surface area contributed by atoms with Gasteiger partial charge in [0.1, 0.15) is 11.8 Å². The van der Waals surface area contributed by atoms with E-state index in [0.29, 0.717) is 11.3 Å². The molecule has 60 valence electrons. The van der Waals surface area contributed by atoms with Crippen LogP contribution in [0.25, 0.3) is 0 Å². The lowest BCUT2D eigenvalue weighted by molar-refractivity contribution is 0.148. The molecule has 0 aliphatic carbocycles.